The number of carbonyl (C=O) groups excluding carboxylic acids is 1. The van der Waals surface area contributed by atoms with E-state index in [2.05, 4.69) is 5.32 Å². The minimum Gasteiger partial charge on any atom is -0.325 e. The van der Waals surface area contributed by atoms with Crippen molar-refractivity contribution in [3.05, 3.63) is 59.1 Å². The van der Waals surface area contributed by atoms with Gasteiger partial charge in [0.05, 0.1) is 4.90 Å². The summed E-state index contributed by atoms with van der Waals surface area (Å²) in [6, 6.07) is 12.9. The Balaban J connectivity index is 1.84. The molecule has 0 aliphatic carbocycles. The second-order valence-corrected chi connectivity index (χ2v) is 8.95. The van der Waals surface area contributed by atoms with E-state index in [1.807, 2.05) is 31.2 Å². The lowest BCUT2D eigenvalue weighted by molar-refractivity contribution is -0.120. The number of rotatable bonds is 5. The van der Waals surface area contributed by atoms with Crippen LogP contribution in [0.4, 0.5) is 5.69 Å². The number of aryl methyl sites for hydroxylation is 1. The lowest BCUT2D eigenvalue weighted by Gasteiger charge is -2.33. The van der Waals surface area contributed by atoms with Crippen molar-refractivity contribution in [3.8, 4) is 0 Å². The molecule has 1 fully saturated rings. The molecule has 27 heavy (non-hydrogen) atoms. The van der Waals surface area contributed by atoms with E-state index in [4.69, 9.17) is 11.6 Å². The predicted molar refractivity (Wildman–Crippen MR) is 107 cm³/mol. The molecule has 144 valence electrons. The van der Waals surface area contributed by atoms with Gasteiger partial charge in [-0.2, -0.15) is 4.31 Å². The van der Waals surface area contributed by atoms with Crippen LogP contribution in [-0.4, -0.2) is 31.2 Å². The zero-order valence-corrected chi connectivity index (χ0v) is 16.8. The fourth-order valence-electron chi connectivity index (χ4n) is 3.29. The lowest BCUT2D eigenvalue weighted by atomic mass is 10.0. The average Bonchev–Trinajstić information content (AvgIpc) is 2.68. The van der Waals surface area contributed by atoms with Crippen LogP contribution < -0.4 is 5.32 Å². The van der Waals surface area contributed by atoms with Crippen LogP contribution in [0.15, 0.2) is 53.4 Å². The van der Waals surface area contributed by atoms with Crippen molar-refractivity contribution >= 4 is 33.2 Å². The first kappa shape index (κ1) is 19.9. The van der Waals surface area contributed by atoms with E-state index < -0.39 is 16.1 Å². The molecule has 3 rings (SSSR count). The van der Waals surface area contributed by atoms with Gasteiger partial charge in [0, 0.05) is 17.3 Å². The van der Waals surface area contributed by atoms with Gasteiger partial charge in [0.15, 0.2) is 0 Å². The highest BCUT2D eigenvalue weighted by atomic mass is 35.5. The van der Waals surface area contributed by atoms with Gasteiger partial charge in [0.2, 0.25) is 15.9 Å². The zero-order chi connectivity index (χ0) is 19.4. The molecule has 1 N–H and O–H groups in total. The van der Waals surface area contributed by atoms with Crippen molar-refractivity contribution in [2.75, 3.05) is 11.9 Å². The molecule has 1 atom stereocenters. The second kappa shape index (κ2) is 8.42. The van der Waals surface area contributed by atoms with Gasteiger partial charge < -0.3 is 5.32 Å². The molecule has 0 bridgehead atoms. The Labute approximate surface area is 165 Å². The largest absolute Gasteiger partial charge is 0.325 e. The summed E-state index contributed by atoms with van der Waals surface area (Å²) in [5.41, 5.74) is 1.80. The number of nitrogens with zero attached hydrogens (tertiary/aromatic N) is 1. The molecule has 0 aromatic heterocycles. The van der Waals surface area contributed by atoms with Gasteiger partial charge in [-0.1, -0.05) is 37.1 Å². The molecule has 0 spiro atoms. The highest BCUT2D eigenvalue weighted by molar-refractivity contribution is 7.89. The van der Waals surface area contributed by atoms with Crippen LogP contribution in [0.2, 0.25) is 5.02 Å². The van der Waals surface area contributed by atoms with Gasteiger partial charge in [-0.05, 0) is 61.2 Å². The van der Waals surface area contributed by atoms with E-state index in [9.17, 15) is 13.2 Å². The molecule has 1 saturated heterocycles. The standard InChI is InChI=1S/C20H23ClN2O3S/c1-2-15-6-5-7-17(14-15)22-20(24)19-8-3-4-13-23(19)27(25,26)18-11-9-16(21)10-12-18/h5-7,9-12,14,19H,2-4,8,13H2,1H3,(H,22,24)/t19-/m1/s1. The molecular weight excluding hydrogens is 384 g/mol. The Morgan fingerprint density at radius 3 is 2.63 bits per heavy atom. The van der Waals surface area contributed by atoms with Crippen molar-refractivity contribution in [2.45, 2.75) is 43.5 Å². The second-order valence-electron chi connectivity index (χ2n) is 6.62. The number of piperidine rings is 1. The van der Waals surface area contributed by atoms with Crippen LogP contribution >= 0.6 is 11.6 Å². The maximum Gasteiger partial charge on any atom is 0.243 e. The van der Waals surface area contributed by atoms with E-state index in [-0.39, 0.29) is 10.8 Å². The van der Waals surface area contributed by atoms with Crippen molar-refractivity contribution in [2.24, 2.45) is 0 Å². The molecule has 2 aromatic carbocycles. The van der Waals surface area contributed by atoms with Crippen molar-refractivity contribution in [3.63, 3.8) is 0 Å². The zero-order valence-electron chi connectivity index (χ0n) is 15.2. The van der Waals surface area contributed by atoms with E-state index in [1.165, 1.54) is 16.4 Å². The number of benzene rings is 2. The van der Waals surface area contributed by atoms with Gasteiger partial charge >= 0.3 is 0 Å². The van der Waals surface area contributed by atoms with Crippen LogP contribution in [0.5, 0.6) is 0 Å². The minimum atomic E-state index is -3.76. The molecule has 5 nitrogen and oxygen atoms in total. The Morgan fingerprint density at radius 2 is 1.93 bits per heavy atom. The third-order valence-electron chi connectivity index (χ3n) is 4.78. The highest BCUT2D eigenvalue weighted by Crippen LogP contribution is 2.27. The van der Waals surface area contributed by atoms with Crippen molar-refractivity contribution in [1.82, 2.24) is 4.31 Å². The molecule has 0 radical (unpaired) electrons. The van der Waals surface area contributed by atoms with Gasteiger partial charge in [0.1, 0.15) is 6.04 Å². The Morgan fingerprint density at radius 1 is 1.19 bits per heavy atom. The first-order valence-electron chi connectivity index (χ1n) is 9.09. The van der Waals surface area contributed by atoms with Gasteiger partial charge in [-0.15, -0.1) is 0 Å². The van der Waals surface area contributed by atoms with Crippen LogP contribution in [0.25, 0.3) is 0 Å². The summed E-state index contributed by atoms with van der Waals surface area (Å²) in [4.78, 5) is 13.0. The Kier molecular flexibility index (Phi) is 6.19. The molecule has 1 heterocycles. The number of sulfonamides is 1. The van der Waals surface area contributed by atoms with Crippen molar-refractivity contribution in [1.29, 1.82) is 0 Å². The maximum absolute atomic E-state index is 13.1. The molecule has 1 aliphatic rings. The van der Waals surface area contributed by atoms with E-state index >= 15 is 0 Å². The smallest absolute Gasteiger partial charge is 0.243 e. The number of halogens is 1. The Hall–Kier alpha value is -1.89. The fourth-order valence-corrected chi connectivity index (χ4v) is 5.07. The summed E-state index contributed by atoms with van der Waals surface area (Å²) >= 11 is 5.87. The predicted octanol–water partition coefficient (Wildman–Crippen LogP) is 4.08. The highest BCUT2D eigenvalue weighted by Gasteiger charge is 2.37. The van der Waals surface area contributed by atoms with Crippen LogP contribution in [-0.2, 0) is 21.2 Å². The molecule has 7 heteroatoms. The number of anilines is 1. The van der Waals surface area contributed by atoms with Gasteiger partial charge in [0.25, 0.3) is 0 Å². The summed E-state index contributed by atoms with van der Waals surface area (Å²) in [7, 11) is -3.76. The summed E-state index contributed by atoms with van der Waals surface area (Å²) < 4.78 is 27.5. The van der Waals surface area contributed by atoms with Crippen LogP contribution in [0.3, 0.4) is 0 Å². The third kappa shape index (κ3) is 4.51. The minimum absolute atomic E-state index is 0.152. The average molecular weight is 407 g/mol. The summed E-state index contributed by atoms with van der Waals surface area (Å²) in [5.74, 6) is -0.291. The molecule has 2 aromatic rings. The molecule has 1 amide bonds. The van der Waals surface area contributed by atoms with E-state index in [1.54, 1.807) is 12.1 Å². The Bertz CT molecular complexity index is 913. The monoisotopic (exact) mass is 406 g/mol. The number of amides is 1. The summed E-state index contributed by atoms with van der Waals surface area (Å²) in [5, 5.41) is 3.35. The molecule has 0 saturated carbocycles. The van der Waals surface area contributed by atoms with Gasteiger partial charge in [-0.3, -0.25) is 4.79 Å². The SMILES string of the molecule is CCc1cccc(NC(=O)[C@H]2CCCCN2S(=O)(=O)c2ccc(Cl)cc2)c1. The van der Waals surface area contributed by atoms with Crippen LogP contribution in [0.1, 0.15) is 31.7 Å². The summed E-state index contributed by atoms with van der Waals surface area (Å²) in [6.07, 6.45) is 2.93. The first-order chi connectivity index (χ1) is 12.9. The lowest BCUT2D eigenvalue weighted by Crippen LogP contribution is -2.49. The fraction of sp³-hybridized carbons (Fsp3) is 0.350. The molecule has 0 unspecified atom stereocenters. The number of hydrogen-bond donors (Lipinski definition) is 1. The third-order valence-corrected chi connectivity index (χ3v) is 6.95. The normalized spacial score (nSPS) is 18.2. The quantitative estimate of drug-likeness (QED) is 0.813. The van der Waals surface area contributed by atoms with Gasteiger partial charge in [-0.25, -0.2) is 8.42 Å². The van der Waals surface area contributed by atoms with Crippen LogP contribution in [0, 0.1) is 0 Å². The topological polar surface area (TPSA) is 66.5 Å². The number of hydrogen-bond acceptors (Lipinski definition) is 3. The van der Waals surface area contributed by atoms with Crippen molar-refractivity contribution < 1.29 is 13.2 Å². The number of nitrogens with one attached hydrogen (secondary N) is 1. The molecular formula is C20H23ClN2O3S. The first-order valence-corrected chi connectivity index (χ1v) is 10.9. The molecule has 1 aliphatic heterocycles. The maximum atomic E-state index is 13.1. The number of carbonyl (C=O) groups is 1. The van der Waals surface area contributed by atoms with E-state index in [0.717, 1.165) is 24.8 Å². The van der Waals surface area contributed by atoms with E-state index in [0.29, 0.717) is 23.7 Å². The summed E-state index contributed by atoms with van der Waals surface area (Å²) in [6.45, 7) is 2.38.